The van der Waals surface area contributed by atoms with Gasteiger partial charge in [0.2, 0.25) is 0 Å². The smallest absolute Gasteiger partial charge is 0.259 e. The molecule has 1 aromatic heterocycles. The molecular formula is C10H16N4OS. The maximum absolute atomic E-state index is 12.2. The van der Waals surface area contributed by atoms with E-state index < -0.39 is 0 Å². The van der Waals surface area contributed by atoms with Gasteiger partial charge in [-0.3, -0.25) is 9.89 Å². The van der Waals surface area contributed by atoms with Gasteiger partial charge in [-0.1, -0.05) is 0 Å². The predicted molar refractivity (Wildman–Crippen MR) is 65.6 cm³/mol. The van der Waals surface area contributed by atoms with E-state index in [1.165, 1.54) is 0 Å². The van der Waals surface area contributed by atoms with Crippen molar-refractivity contribution >= 4 is 23.5 Å². The van der Waals surface area contributed by atoms with Gasteiger partial charge in [-0.25, -0.2) is 0 Å². The molecule has 6 heteroatoms. The average Bonchev–Trinajstić information content (AvgIpc) is 2.51. The zero-order valence-electron chi connectivity index (χ0n) is 9.32. The third kappa shape index (κ3) is 2.16. The Balaban J connectivity index is 2.17. The van der Waals surface area contributed by atoms with Crippen LogP contribution in [0.4, 0.5) is 5.82 Å². The van der Waals surface area contributed by atoms with Gasteiger partial charge in [-0.2, -0.15) is 16.9 Å². The molecule has 5 nitrogen and oxygen atoms in total. The SMILES string of the molecule is Cc1[nH]nc(N)c1C(=O)N1CCCSCC1. The van der Waals surface area contributed by atoms with E-state index in [4.69, 9.17) is 5.73 Å². The van der Waals surface area contributed by atoms with Crippen LogP contribution in [-0.2, 0) is 0 Å². The maximum atomic E-state index is 12.2. The van der Waals surface area contributed by atoms with Crippen LogP contribution in [0.2, 0.25) is 0 Å². The van der Waals surface area contributed by atoms with E-state index in [1.54, 1.807) is 0 Å². The normalized spacial score (nSPS) is 17.2. The zero-order chi connectivity index (χ0) is 11.5. The molecule has 0 saturated carbocycles. The summed E-state index contributed by atoms with van der Waals surface area (Å²) in [6, 6.07) is 0. The third-order valence-electron chi connectivity index (χ3n) is 2.70. The molecule has 0 unspecified atom stereocenters. The molecule has 0 atom stereocenters. The van der Waals surface area contributed by atoms with Gasteiger partial charge in [-0.15, -0.1) is 0 Å². The van der Waals surface area contributed by atoms with E-state index in [-0.39, 0.29) is 5.91 Å². The number of aryl methyl sites for hydroxylation is 1. The van der Waals surface area contributed by atoms with Crippen LogP contribution in [0.5, 0.6) is 0 Å². The Bertz CT molecular complexity index is 363. The molecule has 1 saturated heterocycles. The quantitative estimate of drug-likeness (QED) is 0.764. The van der Waals surface area contributed by atoms with Crippen LogP contribution in [-0.4, -0.2) is 45.6 Å². The number of carbonyl (C=O) groups is 1. The lowest BCUT2D eigenvalue weighted by atomic mass is 10.2. The second-order valence-corrected chi connectivity index (χ2v) is 5.09. The number of aromatic amines is 1. The molecule has 1 aliphatic rings. The molecule has 16 heavy (non-hydrogen) atoms. The van der Waals surface area contributed by atoms with Crippen molar-refractivity contribution in [1.82, 2.24) is 15.1 Å². The number of nitrogen functional groups attached to an aromatic ring is 1. The molecule has 1 aromatic rings. The molecule has 2 heterocycles. The minimum Gasteiger partial charge on any atom is -0.382 e. The first-order valence-corrected chi connectivity index (χ1v) is 6.53. The van der Waals surface area contributed by atoms with Crippen molar-refractivity contribution in [3.05, 3.63) is 11.3 Å². The van der Waals surface area contributed by atoms with Gasteiger partial charge in [0.1, 0.15) is 5.56 Å². The summed E-state index contributed by atoms with van der Waals surface area (Å²) in [4.78, 5) is 14.1. The number of aromatic nitrogens is 2. The third-order valence-corrected chi connectivity index (χ3v) is 3.75. The number of carbonyl (C=O) groups excluding carboxylic acids is 1. The van der Waals surface area contributed by atoms with Crippen LogP contribution in [0, 0.1) is 6.92 Å². The first-order chi connectivity index (χ1) is 7.70. The molecule has 3 N–H and O–H groups in total. The number of amides is 1. The van der Waals surface area contributed by atoms with E-state index >= 15 is 0 Å². The van der Waals surface area contributed by atoms with Crippen LogP contribution in [0.25, 0.3) is 0 Å². The van der Waals surface area contributed by atoms with E-state index in [9.17, 15) is 4.79 Å². The lowest BCUT2D eigenvalue weighted by molar-refractivity contribution is 0.0769. The van der Waals surface area contributed by atoms with Crippen molar-refractivity contribution in [2.24, 2.45) is 0 Å². The summed E-state index contributed by atoms with van der Waals surface area (Å²) >= 11 is 1.89. The van der Waals surface area contributed by atoms with Gasteiger partial charge in [0.05, 0.1) is 0 Å². The van der Waals surface area contributed by atoms with Crippen LogP contribution < -0.4 is 5.73 Å². The van der Waals surface area contributed by atoms with Crippen molar-refractivity contribution < 1.29 is 4.79 Å². The fraction of sp³-hybridized carbons (Fsp3) is 0.600. The number of hydrogen-bond donors (Lipinski definition) is 2. The fourth-order valence-electron chi connectivity index (χ4n) is 1.83. The summed E-state index contributed by atoms with van der Waals surface area (Å²) in [7, 11) is 0. The monoisotopic (exact) mass is 240 g/mol. The summed E-state index contributed by atoms with van der Waals surface area (Å²) in [6.45, 7) is 3.44. The second kappa shape index (κ2) is 4.78. The molecule has 88 valence electrons. The Hall–Kier alpha value is -1.17. The molecule has 0 aliphatic carbocycles. The molecule has 0 bridgehead atoms. The van der Waals surface area contributed by atoms with Crippen molar-refractivity contribution in [3.8, 4) is 0 Å². The van der Waals surface area contributed by atoms with E-state index in [0.717, 1.165) is 36.7 Å². The summed E-state index contributed by atoms with van der Waals surface area (Å²) < 4.78 is 0. The van der Waals surface area contributed by atoms with Gasteiger partial charge < -0.3 is 10.6 Å². The number of anilines is 1. The molecule has 0 spiro atoms. The number of hydrogen-bond acceptors (Lipinski definition) is 4. The van der Waals surface area contributed by atoms with Crippen LogP contribution in [0.1, 0.15) is 22.5 Å². The predicted octanol–water partition coefficient (Wildman–Crippen LogP) is 0.879. The molecular weight excluding hydrogens is 224 g/mol. The zero-order valence-corrected chi connectivity index (χ0v) is 10.1. The molecule has 0 aromatic carbocycles. The minimum atomic E-state index is 0.00579. The Kier molecular flexibility index (Phi) is 3.38. The maximum Gasteiger partial charge on any atom is 0.259 e. The van der Waals surface area contributed by atoms with Crippen molar-refractivity contribution in [2.45, 2.75) is 13.3 Å². The number of nitrogens with one attached hydrogen (secondary N) is 1. The highest BCUT2D eigenvalue weighted by Crippen LogP contribution is 2.18. The lowest BCUT2D eigenvalue weighted by Crippen LogP contribution is -2.33. The Morgan fingerprint density at radius 3 is 3.00 bits per heavy atom. The Morgan fingerprint density at radius 1 is 1.50 bits per heavy atom. The standard InChI is InChI=1S/C10H16N4OS/c1-7-8(9(11)13-12-7)10(15)14-3-2-5-16-6-4-14/h2-6H2,1H3,(H3,11,12,13). The molecule has 1 amide bonds. The first kappa shape index (κ1) is 11.3. The number of thioether (sulfide) groups is 1. The molecule has 0 radical (unpaired) electrons. The van der Waals surface area contributed by atoms with Crippen molar-refractivity contribution in [2.75, 3.05) is 30.3 Å². The van der Waals surface area contributed by atoms with E-state index in [1.807, 2.05) is 23.6 Å². The van der Waals surface area contributed by atoms with Gasteiger partial charge in [0, 0.05) is 24.5 Å². The minimum absolute atomic E-state index is 0.00579. The summed E-state index contributed by atoms with van der Waals surface area (Å²) in [5, 5.41) is 6.60. The highest BCUT2D eigenvalue weighted by molar-refractivity contribution is 7.99. The first-order valence-electron chi connectivity index (χ1n) is 5.37. The van der Waals surface area contributed by atoms with Crippen LogP contribution >= 0.6 is 11.8 Å². The van der Waals surface area contributed by atoms with Gasteiger partial charge >= 0.3 is 0 Å². The summed E-state index contributed by atoms with van der Waals surface area (Å²) in [5.41, 5.74) is 6.98. The van der Waals surface area contributed by atoms with Crippen LogP contribution in [0.3, 0.4) is 0 Å². The largest absolute Gasteiger partial charge is 0.382 e. The number of H-pyrrole nitrogens is 1. The number of nitrogens with zero attached hydrogens (tertiary/aromatic N) is 2. The average molecular weight is 240 g/mol. The van der Waals surface area contributed by atoms with Gasteiger partial charge in [-0.05, 0) is 19.1 Å². The topological polar surface area (TPSA) is 75.0 Å². The Morgan fingerprint density at radius 2 is 2.31 bits per heavy atom. The molecule has 1 aliphatic heterocycles. The van der Waals surface area contributed by atoms with Gasteiger partial charge in [0.15, 0.2) is 5.82 Å². The van der Waals surface area contributed by atoms with Gasteiger partial charge in [0.25, 0.3) is 5.91 Å². The van der Waals surface area contributed by atoms with E-state index in [0.29, 0.717) is 11.4 Å². The second-order valence-electron chi connectivity index (χ2n) is 3.87. The van der Waals surface area contributed by atoms with Crippen molar-refractivity contribution in [3.63, 3.8) is 0 Å². The summed E-state index contributed by atoms with van der Waals surface area (Å²) in [6.07, 6.45) is 1.05. The number of rotatable bonds is 1. The van der Waals surface area contributed by atoms with Crippen molar-refractivity contribution in [1.29, 1.82) is 0 Å². The highest BCUT2D eigenvalue weighted by Gasteiger charge is 2.22. The van der Waals surface area contributed by atoms with Crippen LogP contribution in [0.15, 0.2) is 0 Å². The molecule has 2 rings (SSSR count). The summed E-state index contributed by atoms with van der Waals surface area (Å²) in [5.74, 6) is 2.44. The fourth-order valence-corrected chi connectivity index (χ4v) is 2.71. The highest BCUT2D eigenvalue weighted by atomic mass is 32.2. The molecule has 1 fully saturated rings. The Labute approximate surface area is 98.8 Å². The lowest BCUT2D eigenvalue weighted by Gasteiger charge is -2.19. The number of nitrogens with two attached hydrogens (primary N) is 1. The van der Waals surface area contributed by atoms with E-state index in [2.05, 4.69) is 10.2 Å².